The van der Waals surface area contributed by atoms with Crippen LogP contribution in [0.1, 0.15) is 10.5 Å². The van der Waals surface area contributed by atoms with Crippen molar-refractivity contribution in [3.05, 3.63) is 48.4 Å². The molecule has 0 aliphatic heterocycles. The minimum atomic E-state index is -1.12. The number of carboxylic acids is 1. The van der Waals surface area contributed by atoms with Crippen molar-refractivity contribution in [1.82, 2.24) is 9.97 Å². The van der Waals surface area contributed by atoms with Gasteiger partial charge in [-0.25, -0.2) is 14.8 Å². The Bertz CT molecular complexity index is 528. The van der Waals surface area contributed by atoms with E-state index in [9.17, 15) is 4.79 Å². The quantitative estimate of drug-likeness (QED) is 0.795. The van der Waals surface area contributed by atoms with Crippen molar-refractivity contribution in [1.29, 1.82) is 0 Å². The summed E-state index contributed by atoms with van der Waals surface area (Å²) in [6.45, 7) is 0.669. The summed E-state index contributed by atoms with van der Waals surface area (Å²) in [4.78, 5) is 18.1. The molecule has 0 radical (unpaired) electrons. The van der Waals surface area contributed by atoms with Crippen molar-refractivity contribution in [3.8, 4) is 11.6 Å². The summed E-state index contributed by atoms with van der Waals surface area (Å²) in [5, 5.41) is 8.65. The molecule has 0 saturated carbocycles. The van der Waals surface area contributed by atoms with Crippen molar-refractivity contribution < 1.29 is 19.4 Å². The van der Waals surface area contributed by atoms with Gasteiger partial charge in [-0.15, -0.1) is 0 Å². The summed E-state index contributed by atoms with van der Waals surface area (Å²) in [6, 6.07) is 9.37. The van der Waals surface area contributed by atoms with E-state index in [2.05, 4.69) is 9.97 Å². The molecule has 0 bridgehead atoms. The molecule has 19 heavy (non-hydrogen) atoms. The largest absolute Gasteiger partial charge is 0.490 e. The molecular weight excluding hydrogens is 248 g/mol. The van der Waals surface area contributed by atoms with Crippen LogP contribution in [0.3, 0.4) is 0 Å². The number of carbonyl (C=O) groups is 1. The van der Waals surface area contributed by atoms with Crippen molar-refractivity contribution in [2.45, 2.75) is 0 Å². The Kier molecular flexibility index (Phi) is 4.28. The van der Waals surface area contributed by atoms with Crippen LogP contribution in [0, 0.1) is 0 Å². The molecular formula is C13H12N2O4. The maximum atomic E-state index is 10.6. The number of aromatic carboxylic acids is 1. The number of carboxylic acid groups (broad SMARTS) is 1. The molecule has 1 aromatic carbocycles. The Morgan fingerprint density at radius 2 is 1.79 bits per heavy atom. The second-order valence-electron chi connectivity index (χ2n) is 3.56. The average Bonchev–Trinajstić information content (AvgIpc) is 2.45. The lowest BCUT2D eigenvalue weighted by molar-refractivity contribution is 0.0689. The van der Waals surface area contributed by atoms with Gasteiger partial charge in [0.15, 0.2) is 5.69 Å². The molecule has 2 aromatic rings. The van der Waals surface area contributed by atoms with Crippen molar-refractivity contribution in [2.75, 3.05) is 13.2 Å². The van der Waals surface area contributed by atoms with Gasteiger partial charge in [-0.3, -0.25) is 0 Å². The van der Waals surface area contributed by atoms with Crippen LogP contribution < -0.4 is 9.47 Å². The summed E-state index contributed by atoms with van der Waals surface area (Å²) in [5.74, 6) is -0.0912. The zero-order valence-corrected chi connectivity index (χ0v) is 10.0. The molecule has 2 rings (SSSR count). The van der Waals surface area contributed by atoms with E-state index in [-0.39, 0.29) is 11.6 Å². The highest BCUT2D eigenvalue weighted by molar-refractivity contribution is 5.84. The van der Waals surface area contributed by atoms with E-state index in [1.54, 1.807) is 0 Å². The molecule has 98 valence electrons. The third-order valence-electron chi connectivity index (χ3n) is 2.19. The molecule has 0 aliphatic carbocycles. The Labute approximate surface area is 109 Å². The number of hydrogen-bond acceptors (Lipinski definition) is 5. The fourth-order valence-electron chi connectivity index (χ4n) is 1.32. The normalized spacial score (nSPS) is 9.89. The van der Waals surface area contributed by atoms with Gasteiger partial charge in [0.2, 0.25) is 5.88 Å². The van der Waals surface area contributed by atoms with E-state index in [4.69, 9.17) is 14.6 Å². The molecule has 1 heterocycles. The third kappa shape index (κ3) is 3.95. The minimum Gasteiger partial charge on any atom is -0.490 e. The first kappa shape index (κ1) is 12.8. The Balaban J connectivity index is 1.75. The van der Waals surface area contributed by atoms with Crippen LogP contribution in [-0.4, -0.2) is 34.3 Å². The zero-order chi connectivity index (χ0) is 13.5. The predicted molar refractivity (Wildman–Crippen MR) is 66.4 cm³/mol. The monoisotopic (exact) mass is 260 g/mol. The van der Waals surface area contributed by atoms with Gasteiger partial charge < -0.3 is 14.6 Å². The van der Waals surface area contributed by atoms with Crippen LogP contribution in [0.2, 0.25) is 0 Å². The summed E-state index contributed by atoms with van der Waals surface area (Å²) in [5.41, 5.74) is -0.118. The van der Waals surface area contributed by atoms with Crippen molar-refractivity contribution >= 4 is 5.97 Å². The van der Waals surface area contributed by atoms with Gasteiger partial charge in [-0.05, 0) is 12.1 Å². The number of para-hydroxylation sites is 1. The van der Waals surface area contributed by atoms with Gasteiger partial charge in [0, 0.05) is 0 Å². The van der Waals surface area contributed by atoms with E-state index in [0.717, 1.165) is 11.9 Å². The molecule has 6 nitrogen and oxygen atoms in total. The molecule has 0 unspecified atom stereocenters. The molecule has 0 saturated heterocycles. The summed E-state index contributed by atoms with van der Waals surface area (Å²) >= 11 is 0. The number of nitrogens with zero attached hydrogens (tertiary/aromatic N) is 2. The van der Waals surface area contributed by atoms with Gasteiger partial charge in [-0.2, -0.15) is 0 Å². The first-order chi connectivity index (χ1) is 9.25. The first-order valence-corrected chi connectivity index (χ1v) is 5.61. The van der Waals surface area contributed by atoms with Crippen LogP contribution in [0.15, 0.2) is 42.7 Å². The Morgan fingerprint density at radius 3 is 2.42 bits per heavy atom. The lowest BCUT2D eigenvalue weighted by Crippen LogP contribution is -2.10. The number of rotatable bonds is 6. The minimum absolute atomic E-state index is 0.118. The van der Waals surface area contributed by atoms with Gasteiger partial charge in [0.25, 0.3) is 0 Å². The SMILES string of the molecule is O=C(O)c1cnc(OCCOc2ccccc2)cn1. The van der Waals surface area contributed by atoms with Crippen LogP contribution in [0.4, 0.5) is 0 Å². The topological polar surface area (TPSA) is 81.5 Å². The molecule has 0 fully saturated rings. The second-order valence-corrected chi connectivity index (χ2v) is 3.56. The van der Waals surface area contributed by atoms with E-state index >= 15 is 0 Å². The summed E-state index contributed by atoms with van der Waals surface area (Å²) in [7, 11) is 0. The van der Waals surface area contributed by atoms with Crippen molar-refractivity contribution in [2.24, 2.45) is 0 Å². The molecule has 0 spiro atoms. The maximum Gasteiger partial charge on any atom is 0.356 e. The molecule has 0 atom stereocenters. The second kappa shape index (κ2) is 6.34. The van der Waals surface area contributed by atoms with Gasteiger partial charge in [0.1, 0.15) is 19.0 Å². The standard InChI is InChI=1S/C13H12N2O4/c16-13(17)11-8-15-12(9-14-11)19-7-6-18-10-4-2-1-3-5-10/h1-5,8-9H,6-7H2,(H,16,17). The van der Waals surface area contributed by atoms with Crippen molar-refractivity contribution in [3.63, 3.8) is 0 Å². The molecule has 6 heteroatoms. The fourth-order valence-corrected chi connectivity index (χ4v) is 1.32. The number of hydrogen-bond donors (Lipinski definition) is 1. The molecule has 1 aromatic heterocycles. The number of aromatic nitrogens is 2. The van der Waals surface area contributed by atoms with Crippen LogP contribution in [0.5, 0.6) is 11.6 Å². The highest BCUT2D eigenvalue weighted by Gasteiger charge is 2.05. The van der Waals surface area contributed by atoms with E-state index < -0.39 is 5.97 Å². The lowest BCUT2D eigenvalue weighted by atomic mass is 10.3. The average molecular weight is 260 g/mol. The smallest absolute Gasteiger partial charge is 0.356 e. The van der Waals surface area contributed by atoms with E-state index in [1.807, 2.05) is 30.3 Å². The molecule has 0 aliphatic rings. The highest BCUT2D eigenvalue weighted by Crippen LogP contribution is 2.08. The predicted octanol–water partition coefficient (Wildman–Crippen LogP) is 1.63. The molecule has 0 amide bonds. The fraction of sp³-hybridized carbons (Fsp3) is 0.154. The lowest BCUT2D eigenvalue weighted by Gasteiger charge is -2.07. The third-order valence-corrected chi connectivity index (χ3v) is 2.19. The number of benzene rings is 1. The number of ether oxygens (including phenoxy) is 2. The highest BCUT2D eigenvalue weighted by atomic mass is 16.5. The van der Waals surface area contributed by atoms with Gasteiger partial charge in [0.05, 0.1) is 12.4 Å². The molecule has 1 N–H and O–H groups in total. The van der Waals surface area contributed by atoms with Crippen LogP contribution in [0.25, 0.3) is 0 Å². The zero-order valence-electron chi connectivity index (χ0n) is 10.0. The van der Waals surface area contributed by atoms with Gasteiger partial charge in [-0.1, -0.05) is 18.2 Å². The van der Waals surface area contributed by atoms with Crippen LogP contribution >= 0.6 is 0 Å². The Hall–Kier alpha value is -2.63. The van der Waals surface area contributed by atoms with Crippen LogP contribution in [-0.2, 0) is 0 Å². The van der Waals surface area contributed by atoms with E-state index in [1.165, 1.54) is 6.20 Å². The Morgan fingerprint density at radius 1 is 1.05 bits per heavy atom. The maximum absolute atomic E-state index is 10.6. The van der Waals surface area contributed by atoms with E-state index in [0.29, 0.717) is 13.2 Å². The van der Waals surface area contributed by atoms with Gasteiger partial charge >= 0.3 is 5.97 Å². The summed E-state index contributed by atoms with van der Waals surface area (Å²) < 4.78 is 10.7. The first-order valence-electron chi connectivity index (χ1n) is 5.61. The summed E-state index contributed by atoms with van der Waals surface area (Å²) in [6.07, 6.45) is 2.42.